The Balaban J connectivity index is 2.05. The second-order valence-corrected chi connectivity index (χ2v) is 6.22. The molecule has 0 bridgehead atoms. The zero-order chi connectivity index (χ0) is 16.2. The fraction of sp³-hybridized carbons (Fsp3) is 0.353. The van der Waals surface area contributed by atoms with Gasteiger partial charge in [0.25, 0.3) is 11.8 Å². The molecule has 0 saturated heterocycles. The number of carbonyl (C=O) groups excluding carboxylic acids is 2. The lowest BCUT2D eigenvalue weighted by Gasteiger charge is -2.40. The third-order valence-electron chi connectivity index (χ3n) is 4.83. The van der Waals surface area contributed by atoms with Crippen molar-refractivity contribution in [2.24, 2.45) is 5.73 Å². The number of hydrogen-bond donors (Lipinski definition) is 1. The summed E-state index contributed by atoms with van der Waals surface area (Å²) in [5.74, 6) is -0.538. The van der Waals surface area contributed by atoms with E-state index in [2.05, 4.69) is 0 Å². The number of para-hydroxylation sites is 1. The van der Waals surface area contributed by atoms with Crippen molar-refractivity contribution in [3.8, 4) is 5.75 Å². The first-order chi connectivity index (χ1) is 11.0. The highest BCUT2D eigenvalue weighted by Gasteiger charge is 2.46. The van der Waals surface area contributed by atoms with Gasteiger partial charge < -0.3 is 10.5 Å². The molecule has 1 saturated carbocycles. The van der Waals surface area contributed by atoms with E-state index in [0.29, 0.717) is 24.1 Å². The van der Waals surface area contributed by atoms with E-state index in [4.69, 9.17) is 10.5 Å². The molecule has 1 aliphatic carbocycles. The molecule has 1 fully saturated rings. The van der Waals surface area contributed by atoms with Crippen LogP contribution in [0.2, 0.25) is 0 Å². The Morgan fingerprint density at radius 3 is 2.61 bits per heavy atom. The number of hydrogen-bond acceptors (Lipinski definition) is 4. The minimum atomic E-state index is -0.899. The van der Waals surface area contributed by atoms with Gasteiger partial charge in [-0.2, -0.15) is 0 Å². The first kappa shape index (κ1) is 14.0. The summed E-state index contributed by atoms with van der Waals surface area (Å²) in [7, 11) is 0. The lowest BCUT2D eigenvalue weighted by molar-refractivity contribution is 0.0146. The highest BCUT2D eigenvalue weighted by molar-refractivity contribution is 6.04. The van der Waals surface area contributed by atoms with Crippen molar-refractivity contribution in [1.29, 1.82) is 0 Å². The molecular formula is C17H16N2O4. The number of pyridine rings is 1. The minimum absolute atomic E-state index is 0.171. The molecule has 6 heteroatoms. The number of nitrogens with zero attached hydrogens (tertiary/aromatic N) is 1. The van der Waals surface area contributed by atoms with Gasteiger partial charge in [0.15, 0.2) is 5.60 Å². The van der Waals surface area contributed by atoms with Gasteiger partial charge in [-0.3, -0.25) is 19.0 Å². The van der Waals surface area contributed by atoms with E-state index in [1.807, 2.05) is 0 Å². The monoisotopic (exact) mass is 312 g/mol. The van der Waals surface area contributed by atoms with Crippen LogP contribution in [0.3, 0.4) is 0 Å². The summed E-state index contributed by atoms with van der Waals surface area (Å²) in [6.07, 6.45) is 5.46. The molecule has 2 aromatic rings. The highest BCUT2D eigenvalue weighted by atomic mass is 16.5. The zero-order valence-electron chi connectivity index (χ0n) is 12.5. The molecule has 1 aliphatic heterocycles. The lowest BCUT2D eigenvalue weighted by Crippen LogP contribution is -2.51. The van der Waals surface area contributed by atoms with Crippen LogP contribution in [-0.2, 0) is 0 Å². The summed E-state index contributed by atoms with van der Waals surface area (Å²) in [6, 6.07) is 5.03. The summed E-state index contributed by atoms with van der Waals surface area (Å²) in [6.45, 7) is 0. The Morgan fingerprint density at radius 2 is 1.91 bits per heavy atom. The largest absolute Gasteiger partial charge is 0.475 e. The topological polar surface area (TPSA) is 91.4 Å². The van der Waals surface area contributed by atoms with E-state index in [9.17, 15) is 14.4 Å². The van der Waals surface area contributed by atoms with Gasteiger partial charge in [-0.25, -0.2) is 0 Å². The van der Waals surface area contributed by atoms with Crippen molar-refractivity contribution in [2.75, 3.05) is 0 Å². The zero-order valence-corrected chi connectivity index (χ0v) is 12.5. The van der Waals surface area contributed by atoms with Crippen LogP contribution in [0.4, 0.5) is 0 Å². The number of benzene rings is 1. The second kappa shape index (κ2) is 4.68. The van der Waals surface area contributed by atoms with Gasteiger partial charge in [-0.05, 0) is 37.8 Å². The van der Waals surface area contributed by atoms with Gasteiger partial charge >= 0.3 is 0 Å². The molecule has 1 amide bonds. The lowest BCUT2D eigenvalue weighted by atomic mass is 9.82. The van der Waals surface area contributed by atoms with Gasteiger partial charge in [0, 0.05) is 6.20 Å². The van der Waals surface area contributed by atoms with Crippen molar-refractivity contribution >= 4 is 22.7 Å². The van der Waals surface area contributed by atoms with Crippen LogP contribution in [0.15, 0.2) is 29.2 Å². The number of rotatable bonds is 1. The molecule has 6 nitrogen and oxygen atoms in total. The van der Waals surface area contributed by atoms with Crippen LogP contribution >= 0.6 is 0 Å². The molecule has 1 spiro atoms. The number of amides is 1. The van der Waals surface area contributed by atoms with Crippen molar-refractivity contribution < 1.29 is 14.3 Å². The maximum atomic E-state index is 13.0. The molecule has 0 unspecified atom stereocenters. The van der Waals surface area contributed by atoms with Gasteiger partial charge in [0.05, 0.1) is 5.39 Å². The molecule has 2 heterocycles. The van der Waals surface area contributed by atoms with Crippen molar-refractivity contribution in [3.05, 3.63) is 40.2 Å². The number of carbonyl (C=O) groups is 2. The van der Waals surface area contributed by atoms with Gasteiger partial charge in [0.2, 0.25) is 5.43 Å². The van der Waals surface area contributed by atoms with Crippen LogP contribution in [0.1, 0.15) is 47.3 Å². The molecule has 23 heavy (non-hydrogen) atoms. The average Bonchev–Trinajstić information content (AvgIpc) is 2.55. The number of aromatic nitrogens is 1. The maximum Gasteiger partial charge on any atom is 0.275 e. The highest BCUT2D eigenvalue weighted by Crippen LogP contribution is 2.40. The molecule has 1 aromatic heterocycles. The van der Waals surface area contributed by atoms with Crippen LogP contribution in [0.5, 0.6) is 5.75 Å². The Kier molecular flexibility index (Phi) is 2.85. The number of ether oxygens (including phenoxy) is 1. The fourth-order valence-electron chi connectivity index (χ4n) is 3.68. The van der Waals surface area contributed by atoms with Crippen LogP contribution in [0, 0.1) is 0 Å². The summed E-state index contributed by atoms with van der Waals surface area (Å²) < 4.78 is 7.46. The number of nitrogens with two attached hydrogens (primary N) is 1. The molecule has 1 aromatic carbocycles. The van der Waals surface area contributed by atoms with Crippen LogP contribution < -0.4 is 15.9 Å². The summed E-state index contributed by atoms with van der Waals surface area (Å²) in [4.78, 5) is 37.0. The first-order valence-electron chi connectivity index (χ1n) is 7.75. The van der Waals surface area contributed by atoms with Crippen molar-refractivity contribution in [2.45, 2.75) is 37.7 Å². The molecule has 0 atom stereocenters. The molecule has 2 N–H and O–H groups in total. The standard InChI is InChI=1S/C17H16N2O4/c18-15(21)11-9-19-13-10(14(11)20)5-4-6-12(13)23-17(16(19)22)7-2-1-3-8-17/h4-6,9H,1-3,7-8H2,(H2,18,21). The predicted molar refractivity (Wildman–Crippen MR) is 83.8 cm³/mol. The van der Waals surface area contributed by atoms with Crippen LogP contribution in [0.25, 0.3) is 10.9 Å². The van der Waals surface area contributed by atoms with E-state index in [0.717, 1.165) is 19.3 Å². The predicted octanol–water partition coefficient (Wildman–Crippen LogP) is 1.84. The van der Waals surface area contributed by atoms with Crippen LogP contribution in [-0.4, -0.2) is 22.0 Å². The van der Waals surface area contributed by atoms with E-state index < -0.39 is 16.9 Å². The number of primary amides is 1. The normalized spacial score (nSPS) is 18.9. The quantitative estimate of drug-likeness (QED) is 0.869. The van der Waals surface area contributed by atoms with E-state index in [1.54, 1.807) is 18.2 Å². The third-order valence-corrected chi connectivity index (χ3v) is 4.83. The average molecular weight is 312 g/mol. The molecule has 2 aliphatic rings. The van der Waals surface area contributed by atoms with Gasteiger partial charge in [-0.1, -0.05) is 12.5 Å². The smallest absolute Gasteiger partial charge is 0.275 e. The van der Waals surface area contributed by atoms with Gasteiger partial charge in [-0.15, -0.1) is 0 Å². The Bertz CT molecular complexity index is 907. The Hall–Kier alpha value is -2.63. The first-order valence-corrected chi connectivity index (χ1v) is 7.75. The molecule has 0 radical (unpaired) electrons. The summed E-state index contributed by atoms with van der Waals surface area (Å²) in [5.41, 5.74) is 4.19. The van der Waals surface area contributed by atoms with E-state index >= 15 is 0 Å². The third kappa shape index (κ3) is 1.84. The molecular weight excluding hydrogens is 296 g/mol. The van der Waals surface area contributed by atoms with Crippen molar-refractivity contribution in [3.63, 3.8) is 0 Å². The Labute approximate surface area is 131 Å². The maximum absolute atomic E-state index is 13.0. The summed E-state index contributed by atoms with van der Waals surface area (Å²) in [5, 5.41) is 0.276. The SMILES string of the molecule is NC(=O)c1cn2c3c(cccc3c1=O)OC1(CCCCC1)C2=O. The molecule has 4 rings (SSSR count). The summed E-state index contributed by atoms with van der Waals surface area (Å²) >= 11 is 0. The van der Waals surface area contributed by atoms with Crippen molar-refractivity contribution in [1.82, 2.24) is 4.57 Å². The second-order valence-electron chi connectivity index (χ2n) is 6.22. The fourth-order valence-corrected chi connectivity index (χ4v) is 3.68. The van der Waals surface area contributed by atoms with E-state index in [-0.39, 0.29) is 16.9 Å². The van der Waals surface area contributed by atoms with Gasteiger partial charge in [0.1, 0.15) is 16.8 Å². The minimum Gasteiger partial charge on any atom is -0.475 e. The molecule has 118 valence electrons. The van der Waals surface area contributed by atoms with E-state index in [1.165, 1.54) is 10.8 Å². The Morgan fingerprint density at radius 1 is 1.17 bits per heavy atom.